The van der Waals surface area contributed by atoms with Gasteiger partial charge in [-0.2, -0.15) is 5.10 Å². The molecule has 1 aromatic heterocycles. The molecule has 2 unspecified atom stereocenters. The molecule has 7 N–H and O–H groups in total. The van der Waals surface area contributed by atoms with Crippen molar-refractivity contribution in [3.63, 3.8) is 0 Å². The number of nitrogens with zero attached hydrogens (tertiary/aromatic N) is 3. The zero-order valence-electron chi connectivity index (χ0n) is 18.9. The van der Waals surface area contributed by atoms with Gasteiger partial charge in [-0.1, -0.05) is 38.4 Å². The number of aliphatic hydroxyl groups is 1. The Morgan fingerprint density at radius 2 is 2.00 bits per heavy atom. The number of aliphatic hydroxyl groups excluding tert-OH is 1. The molecule has 0 aliphatic carbocycles. The van der Waals surface area contributed by atoms with Crippen molar-refractivity contribution < 1.29 is 5.11 Å². The van der Waals surface area contributed by atoms with E-state index in [-0.39, 0.29) is 31.0 Å². The first kappa shape index (κ1) is 23.4. The minimum Gasteiger partial charge on any atom is -0.398 e. The summed E-state index contributed by atoms with van der Waals surface area (Å²) in [5.74, 6) is -0.505. The molecule has 170 valence electrons. The minimum atomic E-state index is -1.04. The zero-order chi connectivity index (χ0) is 22.9. The molecule has 1 aliphatic rings. The fraction of sp³-hybridized carbons (Fsp3) is 0.545. The van der Waals surface area contributed by atoms with Crippen LogP contribution in [0.2, 0.25) is 5.02 Å². The molecule has 1 aliphatic heterocycles. The molecular weight excluding hydrogens is 414 g/mol. The number of nitrogens with two attached hydrogens (primary N) is 2. The Bertz CT molecular complexity index is 931. The van der Waals surface area contributed by atoms with E-state index in [9.17, 15) is 5.11 Å². The van der Waals surface area contributed by atoms with Gasteiger partial charge in [0.25, 0.3) is 0 Å². The average Bonchev–Trinajstić information content (AvgIpc) is 3.12. The first-order valence-corrected chi connectivity index (χ1v) is 11.2. The quantitative estimate of drug-likeness (QED) is 0.414. The highest BCUT2D eigenvalue weighted by Gasteiger charge is 2.48. The van der Waals surface area contributed by atoms with Crippen LogP contribution < -0.4 is 21.7 Å². The molecule has 2 atom stereocenters. The molecule has 1 aromatic carbocycles. The molecule has 0 spiro atoms. The lowest BCUT2D eigenvalue weighted by atomic mass is 9.91. The number of nitrogen functional groups attached to an aromatic ring is 1. The smallest absolute Gasteiger partial charge is 0.170 e. The molecule has 0 radical (unpaired) electrons. The maximum absolute atomic E-state index is 10.1. The van der Waals surface area contributed by atoms with Gasteiger partial charge in [0.1, 0.15) is 0 Å². The number of hydrogen-bond acceptors (Lipinski definition) is 6. The van der Waals surface area contributed by atoms with Gasteiger partial charge in [0.05, 0.1) is 24.5 Å². The number of aromatic amines is 1. The van der Waals surface area contributed by atoms with Crippen LogP contribution in [-0.4, -0.2) is 39.6 Å². The highest BCUT2D eigenvalue weighted by atomic mass is 35.5. The van der Waals surface area contributed by atoms with E-state index in [0.29, 0.717) is 28.7 Å². The van der Waals surface area contributed by atoms with Crippen LogP contribution in [0.4, 0.5) is 11.4 Å². The summed E-state index contributed by atoms with van der Waals surface area (Å²) in [6.45, 7) is 10.6. The lowest BCUT2D eigenvalue weighted by Gasteiger charge is -2.52. The van der Waals surface area contributed by atoms with Gasteiger partial charge in [0.15, 0.2) is 17.3 Å². The topological polar surface area (TPSA) is 129 Å². The summed E-state index contributed by atoms with van der Waals surface area (Å²) in [6.07, 6.45) is 0.693. The molecule has 8 nitrogen and oxygen atoms in total. The zero-order valence-corrected chi connectivity index (χ0v) is 19.7. The van der Waals surface area contributed by atoms with Crippen molar-refractivity contribution >= 4 is 28.8 Å². The van der Waals surface area contributed by atoms with E-state index in [1.54, 1.807) is 12.1 Å². The van der Waals surface area contributed by atoms with Gasteiger partial charge in [-0.25, -0.2) is 0 Å². The summed E-state index contributed by atoms with van der Waals surface area (Å²) in [5.41, 5.74) is 17.1. The van der Waals surface area contributed by atoms with Crippen molar-refractivity contribution in [3.05, 3.63) is 40.2 Å². The minimum absolute atomic E-state index is 0.0574. The molecule has 0 bridgehead atoms. The first-order valence-electron chi connectivity index (χ1n) is 10.8. The summed E-state index contributed by atoms with van der Waals surface area (Å²) in [4.78, 5) is 6.92. The van der Waals surface area contributed by atoms with Gasteiger partial charge < -0.3 is 21.1 Å². The number of H-pyrrole nitrogens is 1. The van der Waals surface area contributed by atoms with Crippen molar-refractivity contribution in [1.29, 1.82) is 0 Å². The van der Waals surface area contributed by atoms with Crippen molar-refractivity contribution in [1.82, 2.24) is 15.5 Å². The third-order valence-electron chi connectivity index (χ3n) is 5.93. The summed E-state index contributed by atoms with van der Waals surface area (Å²) >= 11 is 6.35. The fourth-order valence-electron chi connectivity index (χ4n) is 4.23. The Labute approximate surface area is 189 Å². The second-order valence-electron chi connectivity index (χ2n) is 8.66. The largest absolute Gasteiger partial charge is 0.398 e. The van der Waals surface area contributed by atoms with Gasteiger partial charge >= 0.3 is 0 Å². The number of benzene rings is 1. The van der Waals surface area contributed by atoms with E-state index < -0.39 is 5.79 Å². The summed E-state index contributed by atoms with van der Waals surface area (Å²) in [6, 6.07) is 5.48. The van der Waals surface area contributed by atoms with Crippen molar-refractivity contribution in [3.8, 4) is 0 Å². The number of nitrogens with one attached hydrogen (secondary N) is 2. The summed E-state index contributed by atoms with van der Waals surface area (Å²) < 4.78 is 0. The van der Waals surface area contributed by atoms with Crippen LogP contribution in [0.25, 0.3) is 0 Å². The van der Waals surface area contributed by atoms with Gasteiger partial charge in [-0.05, 0) is 38.3 Å². The third kappa shape index (κ3) is 4.12. The molecule has 0 saturated heterocycles. The molecule has 2 heterocycles. The molecule has 0 amide bonds. The number of aliphatic imine (C=N–C) groups is 1. The summed E-state index contributed by atoms with van der Waals surface area (Å²) in [5, 5.41) is 21.9. The lowest BCUT2D eigenvalue weighted by Crippen LogP contribution is -2.75. The average molecular weight is 448 g/mol. The first-order chi connectivity index (χ1) is 14.7. The van der Waals surface area contributed by atoms with E-state index in [1.807, 2.05) is 13.0 Å². The van der Waals surface area contributed by atoms with Crippen molar-refractivity contribution in [2.75, 3.05) is 17.2 Å². The predicted molar refractivity (Wildman–Crippen MR) is 127 cm³/mol. The monoisotopic (exact) mass is 447 g/mol. The Morgan fingerprint density at radius 1 is 1.29 bits per heavy atom. The summed E-state index contributed by atoms with van der Waals surface area (Å²) in [7, 11) is 0. The predicted octanol–water partition coefficient (Wildman–Crippen LogP) is 3.16. The fourth-order valence-corrected chi connectivity index (χ4v) is 4.48. The Kier molecular flexibility index (Phi) is 6.83. The maximum atomic E-state index is 10.1. The second-order valence-corrected chi connectivity index (χ2v) is 9.07. The van der Waals surface area contributed by atoms with Crippen molar-refractivity contribution in [2.24, 2.45) is 16.6 Å². The van der Waals surface area contributed by atoms with Gasteiger partial charge in [0.2, 0.25) is 0 Å². The standard InChI is InChI=1S/C22H34ClN7O/c1-6-14(11-31)22(25)27-21(26-10-15-16(23)8-7-9-17(15)24)19-20(30(22)13(4)5)18(12(2)3)28-29-19/h7-9,12-14,31H,6,10-11,24-25H2,1-5H3,(H,26,27)(H,28,29). The number of hydrogen-bond donors (Lipinski definition) is 5. The van der Waals surface area contributed by atoms with Crippen LogP contribution in [0.3, 0.4) is 0 Å². The Morgan fingerprint density at radius 3 is 2.55 bits per heavy atom. The van der Waals surface area contributed by atoms with Gasteiger partial charge in [-0.3, -0.25) is 15.8 Å². The lowest BCUT2D eigenvalue weighted by molar-refractivity contribution is 0.125. The van der Waals surface area contributed by atoms with Crippen LogP contribution in [-0.2, 0) is 6.54 Å². The molecule has 2 aromatic rings. The van der Waals surface area contributed by atoms with Crippen LogP contribution >= 0.6 is 11.6 Å². The molecular formula is C22H34ClN7O. The normalized spacial score (nSPS) is 21.0. The molecule has 0 saturated carbocycles. The Balaban J connectivity index is 2.18. The Hall–Kier alpha value is -2.29. The molecule has 9 heteroatoms. The van der Waals surface area contributed by atoms with Crippen LogP contribution in [0.1, 0.15) is 63.9 Å². The number of halogens is 1. The van der Waals surface area contributed by atoms with E-state index >= 15 is 0 Å². The third-order valence-corrected chi connectivity index (χ3v) is 6.28. The van der Waals surface area contributed by atoms with E-state index in [1.165, 1.54) is 0 Å². The van der Waals surface area contributed by atoms with Crippen LogP contribution in [0.5, 0.6) is 0 Å². The number of fused-ring (bicyclic) bond motifs is 1. The highest BCUT2D eigenvalue weighted by Crippen LogP contribution is 2.39. The van der Waals surface area contributed by atoms with Gasteiger partial charge in [0, 0.05) is 28.2 Å². The second kappa shape index (κ2) is 9.06. The van der Waals surface area contributed by atoms with Crippen molar-refractivity contribution in [2.45, 2.75) is 65.3 Å². The SMILES string of the molecule is CCC(CO)C1(N)NC(=NCc2c(N)cccc2Cl)c2n[nH]c(C(C)C)c2N1C(C)C. The van der Waals surface area contributed by atoms with Crippen LogP contribution in [0, 0.1) is 5.92 Å². The number of rotatable bonds is 7. The van der Waals surface area contributed by atoms with Crippen LogP contribution in [0.15, 0.2) is 23.2 Å². The number of amidine groups is 1. The van der Waals surface area contributed by atoms with E-state index in [0.717, 1.165) is 16.9 Å². The number of aromatic nitrogens is 2. The van der Waals surface area contributed by atoms with E-state index in [2.05, 4.69) is 48.1 Å². The van der Waals surface area contributed by atoms with E-state index in [4.69, 9.17) is 28.1 Å². The highest BCUT2D eigenvalue weighted by molar-refractivity contribution is 6.31. The molecule has 31 heavy (non-hydrogen) atoms. The number of anilines is 2. The molecule has 3 rings (SSSR count). The van der Waals surface area contributed by atoms with Gasteiger partial charge in [-0.15, -0.1) is 0 Å². The molecule has 0 fully saturated rings. The maximum Gasteiger partial charge on any atom is 0.170 e.